The summed E-state index contributed by atoms with van der Waals surface area (Å²) in [6, 6.07) is 13.1. The van der Waals surface area contributed by atoms with Gasteiger partial charge < -0.3 is 10.6 Å². The van der Waals surface area contributed by atoms with Gasteiger partial charge in [0.25, 0.3) is 5.91 Å². The molecule has 0 atom stereocenters. The van der Waals surface area contributed by atoms with E-state index in [1.165, 1.54) is 0 Å². The van der Waals surface area contributed by atoms with Crippen LogP contribution in [0.2, 0.25) is 0 Å². The van der Waals surface area contributed by atoms with Crippen LogP contribution in [0.15, 0.2) is 42.5 Å². The van der Waals surface area contributed by atoms with Crippen molar-refractivity contribution in [2.45, 2.75) is 25.9 Å². The second-order valence-corrected chi connectivity index (χ2v) is 6.52. The Balaban J connectivity index is 1.30. The Bertz CT molecular complexity index is 944. The molecule has 2 amide bonds. The molecule has 1 heterocycles. The number of hydrogen-bond acceptors (Lipinski definition) is 4. The van der Waals surface area contributed by atoms with Gasteiger partial charge in [-0.2, -0.15) is 15.4 Å². The lowest BCUT2D eigenvalue weighted by Gasteiger charge is -2.08. The molecule has 1 aromatic heterocycles. The number of rotatable bonds is 6. The van der Waals surface area contributed by atoms with E-state index in [1.807, 2.05) is 24.3 Å². The van der Waals surface area contributed by atoms with Crippen LogP contribution in [0.1, 0.15) is 34.3 Å². The highest BCUT2D eigenvalue weighted by Gasteiger charge is 2.29. The van der Waals surface area contributed by atoms with Gasteiger partial charge in [-0.15, -0.1) is 0 Å². The first-order valence-corrected chi connectivity index (χ1v) is 8.63. The van der Waals surface area contributed by atoms with E-state index < -0.39 is 0 Å². The smallest absolute Gasteiger partial charge is 0.251 e. The number of aromatic amines is 1. The largest absolute Gasteiger partial charge is 0.352 e. The minimum Gasteiger partial charge on any atom is -0.352 e. The molecule has 1 fully saturated rings. The fourth-order valence-corrected chi connectivity index (χ4v) is 2.72. The summed E-state index contributed by atoms with van der Waals surface area (Å²) in [6.45, 7) is 0.976. The van der Waals surface area contributed by atoms with Crippen molar-refractivity contribution in [1.82, 2.24) is 26.0 Å². The van der Waals surface area contributed by atoms with E-state index in [0.717, 1.165) is 29.5 Å². The molecule has 0 saturated heterocycles. The third-order valence-corrected chi connectivity index (χ3v) is 4.47. The summed E-state index contributed by atoms with van der Waals surface area (Å²) in [5.74, 6) is 0.210. The van der Waals surface area contributed by atoms with Crippen molar-refractivity contribution in [2.24, 2.45) is 5.92 Å². The van der Waals surface area contributed by atoms with Gasteiger partial charge in [0.1, 0.15) is 11.0 Å². The zero-order chi connectivity index (χ0) is 17.9. The third-order valence-electron chi connectivity index (χ3n) is 4.47. The molecule has 7 nitrogen and oxygen atoms in total. The molecule has 3 aromatic rings. The van der Waals surface area contributed by atoms with Gasteiger partial charge in [0.05, 0.1) is 0 Å². The van der Waals surface area contributed by atoms with Gasteiger partial charge in [0.15, 0.2) is 0 Å². The van der Waals surface area contributed by atoms with Crippen LogP contribution in [0.25, 0.3) is 11.0 Å². The summed E-state index contributed by atoms with van der Waals surface area (Å²) in [7, 11) is 0. The molecule has 0 radical (unpaired) electrons. The number of carbonyl (C=O) groups excluding carboxylic acids is 2. The van der Waals surface area contributed by atoms with Crippen molar-refractivity contribution in [3.63, 3.8) is 0 Å². The Morgan fingerprint density at radius 1 is 0.923 bits per heavy atom. The number of hydrogen-bond donors (Lipinski definition) is 3. The first-order chi connectivity index (χ1) is 12.7. The molecular formula is C19H19N5O2. The van der Waals surface area contributed by atoms with Crippen LogP contribution < -0.4 is 10.6 Å². The van der Waals surface area contributed by atoms with Crippen LogP contribution in [-0.2, 0) is 17.9 Å². The number of H-pyrrole nitrogens is 1. The van der Waals surface area contributed by atoms with Gasteiger partial charge in [-0.3, -0.25) is 9.59 Å². The van der Waals surface area contributed by atoms with Gasteiger partial charge in [0.2, 0.25) is 5.91 Å². The lowest BCUT2D eigenvalue weighted by Crippen LogP contribution is -2.24. The van der Waals surface area contributed by atoms with Crippen LogP contribution in [0.5, 0.6) is 0 Å². The van der Waals surface area contributed by atoms with Crippen molar-refractivity contribution in [3.8, 4) is 0 Å². The monoisotopic (exact) mass is 349 g/mol. The molecule has 3 N–H and O–H groups in total. The molecule has 4 rings (SSSR count). The molecular weight excluding hydrogens is 330 g/mol. The Kier molecular flexibility index (Phi) is 4.35. The lowest BCUT2D eigenvalue weighted by molar-refractivity contribution is -0.122. The summed E-state index contributed by atoms with van der Waals surface area (Å²) in [4.78, 5) is 23.9. The Morgan fingerprint density at radius 2 is 1.58 bits per heavy atom. The first-order valence-electron chi connectivity index (χ1n) is 8.63. The maximum Gasteiger partial charge on any atom is 0.251 e. The number of nitrogens with zero attached hydrogens (tertiary/aromatic N) is 2. The van der Waals surface area contributed by atoms with Gasteiger partial charge >= 0.3 is 0 Å². The highest BCUT2D eigenvalue weighted by molar-refractivity contribution is 5.97. The summed E-state index contributed by atoms with van der Waals surface area (Å²) in [5, 5.41) is 16.3. The minimum absolute atomic E-state index is 0.144. The molecule has 1 saturated carbocycles. The van der Waals surface area contributed by atoms with E-state index in [4.69, 9.17) is 0 Å². The summed E-state index contributed by atoms with van der Waals surface area (Å²) >= 11 is 0. The fraction of sp³-hybridized carbons (Fsp3) is 0.263. The van der Waals surface area contributed by atoms with E-state index in [1.54, 1.807) is 18.2 Å². The van der Waals surface area contributed by atoms with Crippen LogP contribution in [0.3, 0.4) is 0 Å². The van der Waals surface area contributed by atoms with Crippen LogP contribution in [0.4, 0.5) is 0 Å². The molecule has 132 valence electrons. The number of aromatic nitrogens is 3. The Morgan fingerprint density at radius 3 is 2.27 bits per heavy atom. The van der Waals surface area contributed by atoms with Gasteiger partial charge in [-0.1, -0.05) is 24.3 Å². The van der Waals surface area contributed by atoms with E-state index >= 15 is 0 Å². The molecule has 0 spiro atoms. The topological polar surface area (TPSA) is 99.8 Å². The predicted octanol–water partition coefficient (Wildman–Crippen LogP) is 1.91. The molecule has 7 heteroatoms. The number of carbonyl (C=O) groups is 2. The van der Waals surface area contributed by atoms with Crippen molar-refractivity contribution in [1.29, 1.82) is 0 Å². The molecule has 0 aliphatic heterocycles. The van der Waals surface area contributed by atoms with Gasteiger partial charge in [-0.25, -0.2) is 0 Å². The zero-order valence-electron chi connectivity index (χ0n) is 14.2. The van der Waals surface area contributed by atoms with Crippen LogP contribution in [0, 0.1) is 5.92 Å². The average molecular weight is 349 g/mol. The van der Waals surface area contributed by atoms with Crippen molar-refractivity contribution in [3.05, 3.63) is 59.2 Å². The quantitative estimate of drug-likeness (QED) is 0.633. The Hall–Kier alpha value is -3.22. The number of amides is 2. The highest BCUT2D eigenvalue weighted by atomic mass is 16.2. The van der Waals surface area contributed by atoms with Crippen molar-refractivity contribution < 1.29 is 9.59 Å². The minimum atomic E-state index is -0.157. The normalized spacial score (nSPS) is 13.5. The second-order valence-electron chi connectivity index (χ2n) is 6.52. The van der Waals surface area contributed by atoms with Gasteiger partial charge in [0, 0.05) is 24.6 Å². The number of benzene rings is 2. The first kappa shape index (κ1) is 16.3. The molecule has 2 aromatic carbocycles. The standard InChI is InChI=1S/C19H19N5O2/c25-18(14-5-6-14)20-10-12-1-3-13(4-2-12)11-21-19(26)15-7-8-16-17(9-15)23-24-22-16/h1-4,7-9,14H,5-6,10-11H2,(H,20,25)(H,21,26)(H,22,23,24). The summed E-state index contributed by atoms with van der Waals surface area (Å²) in [5.41, 5.74) is 3.98. The second kappa shape index (κ2) is 6.95. The SMILES string of the molecule is O=C(NCc1ccc(CNC(=O)C2CC2)cc1)c1ccc2n[nH]nc2c1. The molecule has 26 heavy (non-hydrogen) atoms. The zero-order valence-corrected chi connectivity index (χ0v) is 14.2. The van der Waals surface area contributed by atoms with E-state index in [9.17, 15) is 9.59 Å². The average Bonchev–Trinajstić information content (AvgIpc) is 3.42. The number of fused-ring (bicyclic) bond motifs is 1. The molecule has 0 bridgehead atoms. The summed E-state index contributed by atoms with van der Waals surface area (Å²) in [6.07, 6.45) is 2.02. The lowest BCUT2D eigenvalue weighted by atomic mass is 10.1. The van der Waals surface area contributed by atoms with Gasteiger partial charge in [-0.05, 0) is 42.2 Å². The van der Waals surface area contributed by atoms with E-state index in [0.29, 0.717) is 24.2 Å². The molecule has 1 aliphatic carbocycles. The van der Waals surface area contributed by atoms with E-state index in [-0.39, 0.29) is 17.7 Å². The van der Waals surface area contributed by atoms with Crippen LogP contribution >= 0.6 is 0 Å². The molecule has 1 aliphatic rings. The van der Waals surface area contributed by atoms with Crippen molar-refractivity contribution in [2.75, 3.05) is 0 Å². The maximum absolute atomic E-state index is 12.3. The predicted molar refractivity (Wildman–Crippen MR) is 96.1 cm³/mol. The highest BCUT2D eigenvalue weighted by Crippen LogP contribution is 2.28. The maximum atomic E-state index is 12.3. The van der Waals surface area contributed by atoms with Crippen molar-refractivity contribution >= 4 is 22.8 Å². The van der Waals surface area contributed by atoms with Crippen LogP contribution in [-0.4, -0.2) is 27.2 Å². The Labute approximate surface area is 150 Å². The fourth-order valence-electron chi connectivity index (χ4n) is 2.72. The number of nitrogens with one attached hydrogen (secondary N) is 3. The summed E-state index contributed by atoms with van der Waals surface area (Å²) < 4.78 is 0. The van der Waals surface area contributed by atoms with E-state index in [2.05, 4.69) is 26.0 Å². The third kappa shape index (κ3) is 3.72. The molecule has 0 unspecified atom stereocenters.